The molecule has 0 aliphatic carbocycles. The molecular formula is C15H21N3O. The topological polar surface area (TPSA) is 46.9 Å². The molecule has 2 rings (SSSR count). The molecule has 0 aliphatic rings. The van der Waals surface area contributed by atoms with Crippen molar-refractivity contribution in [2.75, 3.05) is 6.54 Å². The largest absolute Gasteiger partial charge is 0.312 e. The predicted molar refractivity (Wildman–Crippen MR) is 78.4 cm³/mol. The number of para-hydroxylation sites is 1. The van der Waals surface area contributed by atoms with Crippen LogP contribution in [0, 0.1) is 0 Å². The molecule has 0 atom stereocenters. The lowest BCUT2D eigenvalue weighted by molar-refractivity contribution is 0.410. The lowest BCUT2D eigenvalue weighted by atomic mass is 10.1. The minimum absolute atomic E-state index is 0.0142. The summed E-state index contributed by atoms with van der Waals surface area (Å²) in [7, 11) is 0. The van der Waals surface area contributed by atoms with Crippen molar-refractivity contribution in [1.82, 2.24) is 15.1 Å². The number of aromatic nitrogens is 2. The molecule has 0 saturated carbocycles. The summed E-state index contributed by atoms with van der Waals surface area (Å²) in [5.74, 6) is 0. The molecule has 0 fully saturated rings. The lowest BCUT2D eigenvalue weighted by Crippen LogP contribution is -2.36. The molecule has 0 saturated heterocycles. The standard InChI is InChI=1S/C15H21N3O/c1-15(2,3)16-9-6-10-18-13-8-5-4-7-12(13)14(19)11-17-18/h4-5,7-8,11,16H,6,9-10H2,1-3H3. The van der Waals surface area contributed by atoms with Crippen molar-refractivity contribution in [2.45, 2.75) is 39.3 Å². The van der Waals surface area contributed by atoms with Crippen LogP contribution in [-0.4, -0.2) is 21.9 Å². The van der Waals surface area contributed by atoms with Crippen LogP contribution in [0.25, 0.3) is 10.9 Å². The molecule has 1 aromatic carbocycles. The Morgan fingerprint density at radius 2 is 2.00 bits per heavy atom. The Hall–Kier alpha value is -1.68. The van der Waals surface area contributed by atoms with Gasteiger partial charge in [0.25, 0.3) is 0 Å². The Bertz CT molecular complexity index is 611. The van der Waals surface area contributed by atoms with Gasteiger partial charge in [-0.3, -0.25) is 9.48 Å². The summed E-state index contributed by atoms with van der Waals surface area (Å²) in [4.78, 5) is 11.7. The Balaban J connectivity index is 2.09. The van der Waals surface area contributed by atoms with Gasteiger partial charge in [-0.25, -0.2) is 0 Å². The van der Waals surface area contributed by atoms with Gasteiger partial charge in [0.05, 0.1) is 11.7 Å². The lowest BCUT2D eigenvalue weighted by Gasteiger charge is -2.20. The molecule has 1 heterocycles. The van der Waals surface area contributed by atoms with E-state index in [0.717, 1.165) is 30.4 Å². The highest BCUT2D eigenvalue weighted by Crippen LogP contribution is 2.08. The minimum atomic E-state index is -0.0142. The van der Waals surface area contributed by atoms with Crippen molar-refractivity contribution in [3.63, 3.8) is 0 Å². The second-order valence-electron chi connectivity index (χ2n) is 5.78. The van der Waals surface area contributed by atoms with Gasteiger partial charge in [-0.15, -0.1) is 0 Å². The van der Waals surface area contributed by atoms with Crippen LogP contribution in [0.5, 0.6) is 0 Å². The Morgan fingerprint density at radius 1 is 1.26 bits per heavy atom. The summed E-state index contributed by atoms with van der Waals surface area (Å²) in [6.07, 6.45) is 2.39. The van der Waals surface area contributed by atoms with E-state index >= 15 is 0 Å². The molecule has 0 amide bonds. The average Bonchev–Trinajstić information content (AvgIpc) is 2.36. The second kappa shape index (κ2) is 5.53. The van der Waals surface area contributed by atoms with E-state index in [1.807, 2.05) is 28.9 Å². The van der Waals surface area contributed by atoms with E-state index in [4.69, 9.17) is 0 Å². The van der Waals surface area contributed by atoms with Gasteiger partial charge < -0.3 is 5.32 Å². The first kappa shape index (κ1) is 13.7. The van der Waals surface area contributed by atoms with Gasteiger partial charge in [0.15, 0.2) is 0 Å². The summed E-state index contributed by atoms with van der Waals surface area (Å²) in [5.41, 5.74) is 1.03. The molecule has 2 aromatic rings. The van der Waals surface area contributed by atoms with E-state index in [1.165, 1.54) is 6.20 Å². The average molecular weight is 259 g/mol. The molecule has 0 aliphatic heterocycles. The fourth-order valence-electron chi connectivity index (χ4n) is 2.03. The van der Waals surface area contributed by atoms with Crippen LogP contribution < -0.4 is 10.7 Å². The third-order valence-corrected chi connectivity index (χ3v) is 2.96. The van der Waals surface area contributed by atoms with E-state index < -0.39 is 0 Å². The molecule has 1 N–H and O–H groups in total. The van der Waals surface area contributed by atoms with Gasteiger partial charge in [0.2, 0.25) is 5.43 Å². The number of hydrogen-bond acceptors (Lipinski definition) is 3. The summed E-state index contributed by atoms with van der Waals surface area (Å²) in [6.45, 7) is 8.20. The molecule has 0 unspecified atom stereocenters. The van der Waals surface area contributed by atoms with Crippen molar-refractivity contribution >= 4 is 10.9 Å². The van der Waals surface area contributed by atoms with Crippen LogP contribution in [0.15, 0.2) is 35.3 Å². The first-order valence-corrected chi connectivity index (χ1v) is 6.67. The van der Waals surface area contributed by atoms with Crippen molar-refractivity contribution in [2.24, 2.45) is 0 Å². The number of hydrogen-bond donors (Lipinski definition) is 1. The smallest absolute Gasteiger partial charge is 0.207 e. The van der Waals surface area contributed by atoms with E-state index in [9.17, 15) is 4.79 Å². The quantitative estimate of drug-likeness (QED) is 0.856. The molecule has 4 heteroatoms. The fraction of sp³-hybridized carbons (Fsp3) is 0.467. The normalized spacial score (nSPS) is 11.9. The van der Waals surface area contributed by atoms with Gasteiger partial charge in [-0.1, -0.05) is 12.1 Å². The fourth-order valence-corrected chi connectivity index (χ4v) is 2.03. The van der Waals surface area contributed by atoms with Crippen LogP contribution in [0.1, 0.15) is 27.2 Å². The van der Waals surface area contributed by atoms with Crippen molar-refractivity contribution in [3.05, 3.63) is 40.7 Å². The highest BCUT2D eigenvalue weighted by molar-refractivity contribution is 5.77. The Kier molecular flexibility index (Phi) is 4.00. The maximum absolute atomic E-state index is 11.7. The minimum Gasteiger partial charge on any atom is -0.312 e. The first-order chi connectivity index (χ1) is 8.97. The number of nitrogens with zero attached hydrogens (tertiary/aromatic N) is 2. The molecule has 1 aromatic heterocycles. The van der Waals surface area contributed by atoms with Crippen LogP contribution in [-0.2, 0) is 6.54 Å². The van der Waals surface area contributed by atoms with Gasteiger partial charge in [-0.2, -0.15) is 5.10 Å². The number of fused-ring (bicyclic) bond motifs is 1. The summed E-state index contributed by atoms with van der Waals surface area (Å²) in [6, 6.07) is 7.62. The van der Waals surface area contributed by atoms with E-state index in [0.29, 0.717) is 0 Å². The van der Waals surface area contributed by atoms with Crippen molar-refractivity contribution < 1.29 is 0 Å². The second-order valence-corrected chi connectivity index (χ2v) is 5.78. The van der Waals surface area contributed by atoms with Crippen LogP contribution in [0.2, 0.25) is 0 Å². The predicted octanol–water partition coefficient (Wildman–Crippen LogP) is 2.17. The summed E-state index contributed by atoms with van der Waals surface area (Å²) < 4.78 is 1.90. The third kappa shape index (κ3) is 3.64. The van der Waals surface area contributed by atoms with Gasteiger partial charge in [-0.05, 0) is 45.9 Å². The SMILES string of the molecule is CC(C)(C)NCCCn1ncc(=O)c2ccccc21. The number of benzene rings is 1. The summed E-state index contributed by atoms with van der Waals surface area (Å²) in [5, 5.41) is 8.40. The Morgan fingerprint density at radius 3 is 2.74 bits per heavy atom. The Labute approximate surface area is 113 Å². The highest BCUT2D eigenvalue weighted by Gasteiger charge is 2.08. The van der Waals surface area contributed by atoms with E-state index in [2.05, 4.69) is 31.2 Å². The molecule has 0 bridgehead atoms. The van der Waals surface area contributed by atoms with Crippen LogP contribution in [0.3, 0.4) is 0 Å². The van der Waals surface area contributed by atoms with Crippen LogP contribution >= 0.6 is 0 Å². The molecule has 0 spiro atoms. The zero-order chi connectivity index (χ0) is 13.9. The van der Waals surface area contributed by atoms with E-state index in [1.54, 1.807) is 0 Å². The van der Waals surface area contributed by atoms with Gasteiger partial charge in [0, 0.05) is 17.5 Å². The number of rotatable bonds is 4. The molecule has 4 nitrogen and oxygen atoms in total. The molecule has 19 heavy (non-hydrogen) atoms. The number of aryl methyl sites for hydroxylation is 1. The molecule has 102 valence electrons. The first-order valence-electron chi connectivity index (χ1n) is 6.67. The maximum Gasteiger partial charge on any atom is 0.207 e. The molecule has 0 radical (unpaired) electrons. The highest BCUT2D eigenvalue weighted by atomic mass is 16.1. The van der Waals surface area contributed by atoms with Gasteiger partial charge >= 0.3 is 0 Å². The van der Waals surface area contributed by atoms with Crippen LogP contribution in [0.4, 0.5) is 0 Å². The number of nitrogens with one attached hydrogen (secondary N) is 1. The third-order valence-electron chi connectivity index (χ3n) is 2.96. The summed E-state index contributed by atoms with van der Waals surface area (Å²) >= 11 is 0. The monoisotopic (exact) mass is 259 g/mol. The zero-order valence-electron chi connectivity index (χ0n) is 11.8. The maximum atomic E-state index is 11.7. The molecular weight excluding hydrogens is 238 g/mol. The van der Waals surface area contributed by atoms with Crippen molar-refractivity contribution in [3.8, 4) is 0 Å². The van der Waals surface area contributed by atoms with E-state index in [-0.39, 0.29) is 11.0 Å². The van der Waals surface area contributed by atoms with Gasteiger partial charge in [0.1, 0.15) is 0 Å². The van der Waals surface area contributed by atoms with Crippen molar-refractivity contribution in [1.29, 1.82) is 0 Å². The zero-order valence-corrected chi connectivity index (χ0v) is 11.8.